The average molecular weight is 303 g/mol. The average Bonchev–Trinajstić information content (AvgIpc) is 2.38. The van der Waals surface area contributed by atoms with Crippen LogP contribution in [0, 0.1) is 0 Å². The van der Waals surface area contributed by atoms with E-state index >= 15 is 0 Å². The third-order valence-corrected chi connectivity index (χ3v) is 3.55. The second-order valence-electron chi connectivity index (χ2n) is 5.80. The summed E-state index contributed by atoms with van der Waals surface area (Å²) < 4.78 is 42.8. The number of alkyl halides is 3. The van der Waals surface area contributed by atoms with Gasteiger partial charge >= 0.3 is 6.18 Å². The van der Waals surface area contributed by atoms with Crippen molar-refractivity contribution in [1.82, 2.24) is 5.32 Å². The van der Waals surface area contributed by atoms with Crippen molar-refractivity contribution >= 4 is 0 Å². The zero-order valence-electron chi connectivity index (χ0n) is 11.9. The monoisotopic (exact) mass is 303 g/mol. The third-order valence-electron chi connectivity index (χ3n) is 3.55. The summed E-state index contributed by atoms with van der Waals surface area (Å²) in [5, 5.41) is 13.7. The Morgan fingerprint density at radius 1 is 1.29 bits per heavy atom. The Bertz CT molecular complexity index is 451. The van der Waals surface area contributed by atoms with Gasteiger partial charge in [0.05, 0.1) is 24.4 Å². The summed E-state index contributed by atoms with van der Waals surface area (Å²) in [7, 11) is 0. The number of ether oxygens (including phenoxy) is 1. The molecule has 0 spiro atoms. The van der Waals surface area contributed by atoms with Crippen LogP contribution in [0.25, 0.3) is 0 Å². The Labute approximate surface area is 122 Å². The quantitative estimate of drug-likeness (QED) is 0.897. The zero-order valence-corrected chi connectivity index (χ0v) is 11.9. The minimum atomic E-state index is -4.33. The molecular weight excluding hydrogens is 283 g/mol. The summed E-state index contributed by atoms with van der Waals surface area (Å²) >= 11 is 0. The molecule has 118 valence electrons. The van der Waals surface area contributed by atoms with Crippen molar-refractivity contribution in [1.29, 1.82) is 0 Å². The van der Waals surface area contributed by atoms with Crippen LogP contribution in [0.3, 0.4) is 0 Å². The lowest BCUT2D eigenvalue weighted by Crippen LogP contribution is -2.46. The molecule has 2 unspecified atom stereocenters. The first-order valence-electron chi connectivity index (χ1n) is 6.96. The van der Waals surface area contributed by atoms with E-state index < -0.39 is 17.3 Å². The van der Waals surface area contributed by atoms with E-state index in [4.69, 9.17) is 4.74 Å². The molecule has 0 aromatic heterocycles. The highest BCUT2D eigenvalue weighted by molar-refractivity contribution is 5.25. The molecule has 0 bridgehead atoms. The first-order valence-corrected chi connectivity index (χ1v) is 6.96. The lowest BCUT2D eigenvalue weighted by molar-refractivity contribution is -0.137. The van der Waals surface area contributed by atoms with Gasteiger partial charge in [0.25, 0.3) is 0 Å². The van der Waals surface area contributed by atoms with E-state index in [1.807, 2.05) is 0 Å². The van der Waals surface area contributed by atoms with Gasteiger partial charge in [0.15, 0.2) is 0 Å². The summed E-state index contributed by atoms with van der Waals surface area (Å²) in [4.78, 5) is 0. The van der Waals surface area contributed by atoms with Crippen LogP contribution in [-0.4, -0.2) is 36.5 Å². The second kappa shape index (κ2) is 6.34. The Kier molecular flexibility index (Phi) is 4.91. The topological polar surface area (TPSA) is 41.5 Å². The van der Waals surface area contributed by atoms with Gasteiger partial charge in [-0.25, -0.2) is 0 Å². The number of morpholine rings is 1. The fraction of sp³-hybridized carbons (Fsp3) is 0.600. The summed E-state index contributed by atoms with van der Waals surface area (Å²) in [5.41, 5.74) is -0.976. The van der Waals surface area contributed by atoms with E-state index in [0.717, 1.165) is 18.7 Å². The van der Waals surface area contributed by atoms with Crippen molar-refractivity contribution in [3.63, 3.8) is 0 Å². The summed E-state index contributed by atoms with van der Waals surface area (Å²) in [6.07, 6.45) is -3.53. The molecule has 1 aliphatic heterocycles. The molecule has 0 radical (unpaired) electrons. The predicted molar refractivity (Wildman–Crippen MR) is 73.0 cm³/mol. The van der Waals surface area contributed by atoms with Gasteiger partial charge in [-0.1, -0.05) is 12.1 Å². The number of hydrogen-bond acceptors (Lipinski definition) is 3. The Hall–Kier alpha value is -1.11. The first kappa shape index (κ1) is 16.3. The molecule has 3 nitrogen and oxygen atoms in total. The maximum Gasteiger partial charge on any atom is 0.416 e. The minimum absolute atomic E-state index is 0.0724. The van der Waals surface area contributed by atoms with E-state index in [2.05, 4.69) is 5.32 Å². The molecule has 0 saturated carbocycles. The third kappa shape index (κ3) is 4.98. The van der Waals surface area contributed by atoms with Crippen LogP contribution < -0.4 is 5.32 Å². The highest BCUT2D eigenvalue weighted by Gasteiger charge is 2.31. The van der Waals surface area contributed by atoms with Gasteiger partial charge in [0, 0.05) is 19.0 Å². The van der Waals surface area contributed by atoms with Crippen molar-refractivity contribution in [2.24, 2.45) is 0 Å². The fourth-order valence-electron chi connectivity index (χ4n) is 2.61. The largest absolute Gasteiger partial charge is 0.416 e. The summed E-state index contributed by atoms with van der Waals surface area (Å²) in [6, 6.07) is 5.01. The molecule has 1 saturated heterocycles. The minimum Gasteiger partial charge on any atom is -0.390 e. The molecule has 2 rings (SSSR count). The van der Waals surface area contributed by atoms with Crippen molar-refractivity contribution in [2.75, 3.05) is 19.8 Å². The molecule has 0 aliphatic carbocycles. The molecule has 2 atom stereocenters. The smallest absolute Gasteiger partial charge is 0.390 e. The second-order valence-corrected chi connectivity index (χ2v) is 5.80. The fourth-order valence-corrected chi connectivity index (χ4v) is 2.61. The van der Waals surface area contributed by atoms with Gasteiger partial charge in [-0.15, -0.1) is 0 Å². The van der Waals surface area contributed by atoms with Crippen molar-refractivity contribution in [2.45, 2.75) is 37.6 Å². The lowest BCUT2D eigenvalue weighted by Gasteiger charge is -2.31. The summed E-state index contributed by atoms with van der Waals surface area (Å²) in [6.45, 7) is 3.66. The molecule has 21 heavy (non-hydrogen) atoms. The van der Waals surface area contributed by atoms with Crippen LogP contribution >= 0.6 is 0 Å². The zero-order chi connectivity index (χ0) is 15.5. The molecular formula is C15H20F3NO2. The Balaban J connectivity index is 1.95. The predicted octanol–water partition coefficient (Wildman–Crippen LogP) is 2.38. The molecule has 2 N–H and O–H groups in total. The normalized spacial score (nSPS) is 22.8. The number of halogens is 3. The highest BCUT2D eigenvalue weighted by Crippen LogP contribution is 2.30. The lowest BCUT2D eigenvalue weighted by atomic mass is 9.89. The van der Waals surface area contributed by atoms with Crippen LogP contribution in [0.2, 0.25) is 0 Å². The van der Waals surface area contributed by atoms with Gasteiger partial charge in [0.1, 0.15) is 0 Å². The van der Waals surface area contributed by atoms with Gasteiger partial charge in [-0.2, -0.15) is 13.2 Å². The van der Waals surface area contributed by atoms with Gasteiger partial charge in [-0.05, 0) is 31.0 Å². The number of hydrogen-bond donors (Lipinski definition) is 2. The van der Waals surface area contributed by atoms with Gasteiger partial charge < -0.3 is 15.2 Å². The Morgan fingerprint density at radius 2 is 1.95 bits per heavy atom. The van der Waals surface area contributed by atoms with Crippen LogP contribution in [0.5, 0.6) is 0 Å². The van der Waals surface area contributed by atoms with Crippen molar-refractivity contribution in [3.8, 4) is 0 Å². The van der Waals surface area contributed by atoms with Crippen LogP contribution in [0.15, 0.2) is 24.3 Å². The van der Waals surface area contributed by atoms with Crippen LogP contribution in [-0.2, 0) is 17.3 Å². The highest BCUT2D eigenvalue weighted by atomic mass is 19.4. The number of benzene rings is 1. The molecule has 1 aliphatic rings. The number of rotatable bonds is 4. The van der Waals surface area contributed by atoms with E-state index in [-0.39, 0.29) is 6.04 Å². The van der Waals surface area contributed by atoms with E-state index in [1.54, 1.807) is 6.92 Å². The molecule has 0 amide bonds. The maximum absolute atomic E-state index is 12.5. The van der Waals surface area contributed by atoms with E-state index in [0.29, 0.717) is 31.6 Å². The van der Waals surface area contributed by atoms with Crippen LogP contribution in [0.1, 0.15) is 24.5 Å². The van der Waals surface area contributed by atoms with E-state index in [9.17, 15) is 18.3 Å². The first-order chi connectivity index (χ1) is 9.76. The molecule has 1 aromatic rings. The number of nitrogens with one attached hydrogen (secondary N) is 1. The van der Waals surface area contributed by atoms with Gasteiger partial charge in [0.2, 0.25) is 0 Å². The SMILES string of the molecule is CC(O)(Cc1ccc(C(F)(F)F)cc1)CC1COCCN1. The Morgan fingerprint density at radius 3 is 2.48 bits per heavy atom. The van der Waals surface area contributed by atoms with E-state index in [1.165, 1.54) is 12.1 Å². The maximum atomic E-state index is 12.5. The van der Waals surface area contributed by atoms with Gasteiger partial charge in [-0.3, -0.25) is 0 Å². The number of aliphatic hydroxyl groups is 1. The summed E-state index contributed by atoms with van der Waals surface area (Å²) in [5.74, 6) is 0. The van der Waals surface area contributed by atoms with Crippen molar-refractivity contribution < 1.29 is 23.0 Å². The molecule has 6 heteroatoms. The van der Waals surface area contributed by atoms with Crippen LogP contribution in [0.4, 0.5) is 13.2 Å². The molecule has 1 fully saturated rings. The van der Waals surface area contributed by atoms with Crippen molar-refractivity contribution in [3.05, 3.63) is 35.4 Å². The molecule has 1 aromatic carbocycles. The molecule has 1 heterocycles. The standard InChI is InChI=1S/C15H20F3NO2/c1-14(20,9-13-10-21-7-6-19-13)8-11-2-4-12(5-3-11)15(16,17)18/h2-5,13,19-20H,6-10H2,1H3.